The predicted octanol–water partition coefficient (Wildman–Crippen LogP) is 5.68. The fourth-order valence-corrected chi connectivity index (χ4v) is 5.22. The van der Waals surface area contributed by atoms with Crippen molar-refractivity contribution in [1.82, 2.24) is 5.32 Å². The van der Waals surface area contributed by atoms with E-state index in [9.17, 15) is 0 Å². The molecule has 1 heterocycles. The Morgan fingerprint density at radius 1 is 1.19 bits per heavy atom. The van der Waals surface area contributed by atoms with Gasteiger partial charge >= 0.3 is 0 Å². The van der Waals surface area contributed by atoms with Gasteiger partial charge in [0.15, 0.2) is 0 Å². The zero-order valence-electron chi connectivity index (χ0n) is 12.4. The number of nitrogens with one attached hydrogen (secondary N) is 1. The number of ether oxygens (including phenoxy) is 1. The van der Waals surface area contributed by atoms with Crippen molar-refractivity contribution < 1.29 is 4.74 Å². The molecule has 1 aromatic carbocycles. The maximum Gasteiger partial charge on any atom is 0.124 e. The van der Waals surface area contributed by atoms with E-state index in [1.807, 2.05) is 6.92 Å². The minimum Gasteiger partial charge on any atom is -0.494 e. The molecule has 0 aliphatic heterocycles. The Kier molecular flexibility index (Phi) is 6.29. The molecule has 2 nitrogen and oxygen atoms in total. The highest BCUT2D eigenvalue weighted by Gasteiger charge is 2.22. The van der Waals surface area contributed by atoms with E-state index in [1.165, 1.54) is 16.7 Å². The predicted molar refractivity (Wildman–Crippen MR) is 97.6 cm³/mol. The van der Waals surface area contributed by atoms with Crippen LogP contribution in [0.15, 0.2) is 31.8 Å². The minimum atomic E-state index is 0.119. The van der Waals surface area contributed by atoms with Crippen LogP contribution in [-0.2, 0) is 0 Å². The molecular formula is C16H19Br2NOS. The van der Waals surface area contributed by atoms with Gasteiger partial charge < -0.3 is 10.1 Å². The number of rotatable bonds is 6. The van der Waals surface area contributed by atoms with Crippen molar-refractivity contribution in [3.05, 3.63) is 48.5 Å². The number of aryl methyl sites for hydroxylation is 1. The van der Waals surface area contributed by atoms with Crippen LogP contribution in [0.3, 0.4) is 0 Å². The molecule has 2 aromatic rings. The summed E-state index contributed by atoms with van der Waals surface area (Å²) in [7, 11) is 0. The summed E-state index contributed by atoms with van der Waals surface area (Å²) in [6.45, 7) is 7.82. The van der Waals surface area contributed by atoms with Gasteiger partial charge in [-0.2, -0.15) is 0 Å². The molecule has 0 bridgehead atoms. The van der Waals surface area contributed by atoms with Crippen LogP contribution in [0, 0.1) is 6.92 Å². The first-order valence-electron chi connectivity index (χ1n) is 6.98. The molecule has 2 rings (SSSR count). The van der Waals surface area contributed by atoms with Crippen molar-refractivity contribution in [1.29, 1.82) is 0 Å². The molecule has 1 aromatic heterocycles. The average molecular weight is 433 g/mol. The van der Waals surface area contributed by atoms with E-state index in [2.05, 4.69) is 75.3 Å². The Balaban J connectivity index is 2.51. The number of thiophene rings is 1. The molecule has 0 aliphatic carbocycles. The topological polar surface area (TPSA) is 21.3 Å². The number of hydrogen-bond donors (Lipinski definition) is 1. The molecule has 0 spiro atoms. The number of benzene rings is 1. The fraction of sp³-hybridized carbons (Fsp3) is 0.375. The molecule has 0 aliphatic rings. The first-order valence-corrected chi connectivity index (χ1v) is 9.38. The second kappa shape index (κ2) is 7.77. The Morgan fingerprint density at radius 2 is 1.95 bits per heavy atom. The quantitative estimate of drug-likeness (QED) is 0.633. The van der Waals surface area contributed by atoms with E-state index in [1.54, 1.807) is 11.3 Å². The van der Waals surface area contributed by atoms with E-state index in [4.69, 9.17) is 4.74 Å². The van der Waals surface area contributed by atoms with Gasteiger partial charge in [0, 0.05) is 5.56 Å². The van der Waals surface area contributed by atoms with Crippen molar-refractivity contribution in [2.75, 3.05) is 13.2 Å². The Labute approximate surface area is 147 Å². The lowest BCUT2D eigenvalue weighted by Crippen LogP contribution is -2.22. The van der Waals surface area contributed by atoms with E-state index in [0.717, 1.165) is 19.9 Å². The second-order valence-electron chi connectivity index (χ2n) is 4.74. The van der Waals surface area contributed by atoms with Crippen LogP contribution in [0.5, 0.6) is 5.75 Å². The summed E-state index contributed by atoms with van der Waals surface area (Å²) in [5.74, 6) is 0.947. The average Bonchev–Trinajstić information content (AvgIpc) is 2.77. The summed E-state index contributed by atoms with van der Waals surface area (Å²) in [5, 5.41) is 3.57. The van der Waals surface area contributed by atoms with Crippen molar-refractivity contribution in [2.45, 2.75) is 26.8 Å². The molecule has 1 N–H and O–H groups in total. The van der Waals surface area contributed by atoms with E-state index >= 15 is 0 Å². The lowest BCUT2D eigenvalue weighted by atomic mass is 9.98. The van der Waals surface area contributed by atoms with Gasteiger partial charge in [0.25, 0.3) is 0 Å². The first-order chi connectivity index (χ1) is 10.1. The van der Waals surface area contributed by atoms with Crippen LogP contribution in [0.4, 0.5) is 0 Å². The van der Waals surface area contributed by atoms with Crippen molar-refractivity contribution in [3.63, 3.8) is 0 Å². The van der Waals surface area contributed by atoms with Crippen LogP contribution in [0.25, 0.3) is 0 Å². The van der Waals surface area contributed by atoms with Gasteiger partial charge in [-0.25, -0.2) is 0 Å². The lowest BCUT2D eigenvalue weighted by molar-refractivity contribution is 0.333. The molecule has 0 amide bonds. The molecular weight excluding hydrogens is 414 g/mol. The number of hydrogen-bond acceptors (Lipinski definition) is 3. The van der Waals surface area contributed by atoms with Crippen molar-refractivity contribution in [3.8, 4) is 5.75 Å². The normalized spacial score (nSPS) is 12.4. The van der Waals surface area contributed by atoms with E-state index < -0.39 is 0 Å². The molecule has 0 fully saturated rings. The summed E-state index contributed by atoms with van der Waals surface area (Å²) in [6.07, 6.45) is 0. The maximum atomic E-state index is 5.82. The zero-order chi connectivity index (χ0) is 15.4. The SMILES string of the molecule is CCNC(c1cc(C)ccc1OCC)c1cc(Br)sc1Br. The van der Waals surface area contributed by atoms with Crippen LogP contribution >= 0.6 is 43.2 Å². The van der Waals surface area contributed by atoms with Crippen molar-refractivity contribution >= 4 is 43.2 Å². The van der Waals surface area contributed by atoms with Gasteiger partial charge in [-0.05, 0) is 69.9 Å². The molecule has 0 saturated carbocycles. The standard InChI is InChI=1S/C16H19Br2NOS/c1-4-19-15(12-9-14(17)21-16(12)18)11-8-10(3)6-7-13(11)20-5-2/h6-9,15,19H,4-5H2,1-3H3. The second-order valence-corrected chi connectivity index (χ2v) is 8.49. The highest BCUT2D eigenvalue weighted by molar-refractivity contribution is 9.12. The Hall–Kier alpha value is -0.360. The van der Waals surface area contributed by atoms with Gasteiger partial charge in [-0.3, -0.25) is 0 Å². The zero-order valence-corrected chi connectivity index (χ0v) is 16.4. The molecule has 1 unspecified atom stereocenters. The molecule has 114 valence electrons. The molecule has 21 heavy (non-hydrogen) atoms. The maximum absolute atomic E-state index is 5.82. The Morgan fingerprint density at radius 3 is 2.52 bits per heavy atom. The van der Waals surface area contributed by atoms with Crippen molar-refractivity contribution in [2.24, 2.45) is 0 Å². The summed E-state index contributed by atoms with van der Waals surface area (Å²) < 4.78 is 8.09. The van der Waals surface area contributed by atoms with Crippen LogP contribution in [0.2, 0.25) is 0 Å². The van der Waals surface area contributed by atoms with E-state index in [0.29, 0.717) is 6.61 Å². The van der Waals surface area contributed by atoms with Gasteiger partial charge in [0.1, 0.15) is 5.75 Å². The third-order valence-corrected chi connectivity index (χ3v) is 5.56. The first kappa shape index (κ1) is 17.0. The fourth-order valence-electron chi connectivity index (χ4n) is 2.32. The summed E-state index contributed by atoms with van der Waals surface area (Å²) in [6, 6.07) is 8.65. The molecule has 5 heteroatoms. The van der Waals surface area contributed by atoms with Gasteiger partial charge in [-0.15, -0.1) is 11.3 Å². The lowest BCUT2D eigenvalue weighted by Gasteiger charge is -2.22. The van der Waals surface area contributed by atoms with Gasteiger partial charge in [-0.1, -0.05) is 24.6 Å². The summed E-state index contributed by atoms with van der Waals surface area (Å²) in [4.78, 5) is 0. The highest BCUT2D eigenvalue weighted by atomic mass is 79.9. The van der Waals surface area contributed by atoms with Crippen LogP contribution in [-0.4, -0.2) is 13.2 Å². The smallest absolute Gasteiger partial charge is 0.124 e. The molecule has 1 atom stereocenters. The van der Waals surface area contributed by atoms with Crippen LogP contribution < -0.4 is 10.1 Å². The summed E-state index contributed by atoms with van der Waals surface area (Å²) in [5.41, 5.74) is 3.66. The molecule has 0 saturated heterocycles. The van der Waals surface area contributed by atoms with Gasteiger partial charge in [0.2, 0.25) is 0 Å². The summed E-state index contributed by atoms with van der Waals surface area (Å²) >= 11 is 8.94. The third kappa shape index (κ3) is 4.09. The largest absolute Gasteiger partial charge is 0.494 e. The third-order valence-electron chi connectivity index (χ3n) is 3.18. The van der Waals surface area contributed by atoms with Gasteiger partial charge in [0.05, 0.1) is 20.2 Å². The van der Waals surface area contributed by atoms with E-state index in [-0.39, 0.29) is 6.04 Å². The highest BCUT2D eigenvalue weighted by Crippen LogP contribution is 2.40. The Bertz CT molecular complexity index is 612. The molecule has 0 radical (unpaired) electrons. The minimum absolute atomic E-state index is 0.119. The van der Waals surface area contributed by atoms with Crippen LogP contribution in [0.1, 0.15) is 36.6 Å². The monoisotopic (exact) mass is 431 g/mol. The number of halogens is 2.